The number of hydrogen-bond donors (Lipinski definition) is 1. The molecule has 7 heteroatoms. The first kappa shape index (κ1) is 14.8. The highest BCUT2D eigenvalue weighted by molar-refractivity contribution is 6.03. The summed E-state index contributed by atoms with van der Waals surface area (Å²) in [6.07, 6.45) is 0. The van der Waals surface area contributed by atoms with E-state index in [4.69, 9.17) is 13.6 Å². The van der Waals surface area contributed by atoms with Gasteiger partial charge in [0.15, 0.2) is 0 Å². The molecule has 0 spiro atoms. The fraction of sp³-hybridized carbons (Fsp3) is 0.188. The van der Waals surface area contributed by atoms with Gasteiger partial charge in [-0.05, 0) is 38.1 Å². The second kappa shape index (κ2) is 5.96. The lowest BCUT2D eigenvalue weighted by Crippen LogP contribution is -2.12. The van der Waals surface area contributed by atoms with Crippen molar-refractivity contribution in [3.05, 3.63) is 47.4 Å². The number of methoxy groups -OCH3 is 1. The van der Waals surface area contributed by atoms with Crippen molar-refractivity contribution in [2.45, 2.75) is 13.8 Å². The third-order valence-corrected chi connectivity index (χ3v) is 3.25. The largest absolute Gasteiger partial charge is 0.497 e. The smallest absolute Gasteiger partial charge is 0.322 e. The lowest BCUT2D eigenvalue weighted by molar-refractivity contribution is 0.102. The van der Waals surface area contributed by atoms with Crippen LogP contribution in [0.5, 0.6) is 5.75 Å². The highest BCUT2D eigenvalue weighted by atomic mass is 16.5. The molecule has 3 aromatic rings. The molecule has 1 N–H and O–H groups in total. The van der Waals surface area contributed by atoms with Gasteiger partial charge in [-0.15, -0.1) is 5.10 Å². The van der Waals surface area contributed by atoms with E-state index < -0.39 is 0 Å². The van der Waals surface area contributed by atoms with Crippen molar-refractivity contribution in [2.24, 2.45) is 0 Å². The van der Waals surface area contributed by atoms with E-state index >= 15 is 0 Å². The van der Waals surface area contributed by atoms with Crippen LogP contribution in [0.15, 0.2) is 39.2 Å². The van der Waals surface area contributed by atoms with Crippen molar-refractivity contribution in [2.75, 3.05) is 12.4 Å². The van der Waals surface area contributed by atoms with Gasteiger partial charge in [0, 0.05) is 5.56 Å². The molecular weight excluding hydrogens is 298 g/mol. The highest BCUT2D eigenvalue weighted by Gasteiger charge is 2.17. The van der Waals surface area contributed by atoms with Crippen molar-refractivity contribution in [1.29, 1.82) is 0 Å². The molecule has 0 saturated heterocycles. The zero-order valence-corrected chi connectivity index (χ0v) is 12.9. The number of hydrogen-bond acceptors (Lipinski definition) is 6. The summed E-state index contributed by atoms with van der Waals surface area (Å²) in [5, 5.41) is 10.3. The van der Waals surface area contributed by atoms with E-state index in [-0.39, 0.29) is 11.9 Å². The Morgan fingerprint density at radius 1 is 1.17 bits per heavy atom. The Labute approximate surface area is 132 Å². The minimum Gasteiger partial charge on any atom is -0.497 e. The molecule has 2 aromatic heterocycles. The van der Waals surface area contributed by atoms with Crippen LogP contribution in [-0.4, -0.2) is 23.2 Å². The third-order valence-electron chi connectivity index (χ3n) is 3.25. The first-order chi connectivity index (χ1) is 11.1. The Bertz CT molecular complexity index is 851. The number of rotatable bonds is 4. The molecule has 0 aliphatic heterocycles. The van der Waals surface area contributed by atoms with Crippen molar-refractivity contribution in [3.63, 3.8) is 0 Å². The molecule has 0 fully saturated rings. The van der Waals surface area contributed by atoms with Crippen molar-refractivity contribution >= 4 is 11.9 Å². The van der Waals surface area contributed by atoms with Gasteiger partial charge in [-0.3, -0.25) is 10.1 Å². The summed E-state index contributed by atoms with van der Waals surface area (Å²) < 4.78 is 16.0. The molecule has 0 radical (unpaired) electrons. The molecule has 118 valence electrons. The molecule has 1 amide bonds. The summed E-state index contributed by atoms with van der Waals surface area (Å²) in [6, 6.07) is 8.88. The molecule has 0 atom stereocenters. The fourth-order valence-corrected chi connectivity index (χ4v) is 2.17. The molecule has 0 aliphatic carbocycles. The molecule has 2 heterocycles. The van der Waals surface area contributed by atoms with E-state index in [0.717, 1.165) is 0 Å². The van der Waals surface area contributed by atoms with E-state index in [0.29, 0.717) is 34.3 Å². The number of nitrogens with zero attached hydrogens (tertiary/aromatic N) is 2. The maximum absolute atomic E-state index is 12.2. The van der Waals surface area contributed by atoms with Gasteiger partial charge in [0.25, 0.3) is 5.91 Å². The summed E-state index contributed by atoms with van der Waals surface area (Å²) in [5.74, 6) is 1.80. The van der Waals surface area contributed by atoms with Crippen LogP contribution < -0.4 is 10.1 Å². The normalized spacial score (nSPS) is 10.6. The predicted molar refractivity (Wildman–Crippen MR) is 82.4 cm³/mol. The number of carbonyl (C=O) groups excluding carboxylic acids is 1. The molecule has 1 aromatic carbocycles. The zero-order chi connectivity index (χ0) is 16.4. The Morgan fingerprint density at radius 3 is 2.70 bits per heavy atom. The standard InChI is InChI=1S/C16H15N3O4/c1-9-7-13(10(2)22-9)14(20)17-16-19-18-15(23-16)11-5-4-6-12(8-11)21-3/h4-8H,1-3H3,(H,17,19,20). The third kappa shape index (κ3) is 3.08. The van der Waals surface area contributed by atoms with Crippen LogP contribution in [0.1, 0.15) is 21.9 Å². The number of nitrogens with one attached hydrogen (secondary N) is 1. The van der Waals surface area contributed by atoms with Gasteiger partial charge in [-0.2, -0.15) is 0 Å². The SMILES string of the molecule is COc1cccc(-c2nnc(NC(=O)c3cc(C)oc3C)o2)c1. The van der Waals surface area contributed by atoms with Gasteiger partial charge in [-0.1, -0.05) is 11.2 Å². The van der Waals surface area contributed by atoms with Gasteiger partial charge < -0.3 is 13.6 Å². The van der Waals surface area contributed by atoms with Gasteiger partial charge in [0.05, 0.1) is 12.7 Å². The van der Waals surface area contributed by atoms with Gasteiger partial charge in [0.1, 0.15) is 17.3 Å². The average molecular weight is 313 g/mol. The topological polar surface area (TPSA) is 90.4 Å². The molecule has 0 saturated carbocycles. The maximum atomic E-state index is 12.2. The molecule has 0 unspecified atom stereocenters. The van der Waals surface area contributed by atoms with E-state index in [9.17, 15) is 4.79 Å². The van der Waals surface area contributed by atoms with E-state index in [1.54, 1.807) is 33.1 Å². The predicted octanol–water partition coefficient (Wildman–Crippen LogP) is 3.21. The number of anilines is 1. The van der Waals surface area contributed by atoms with Crippen LogP contribution in [0.2, 0.25) is 0 Å². The number of furan rings is 1. The molecule has 0 bridgehead atoms. The Hall–Kier alpha value is -3.09. The van der Waals surface area contributed by atoms with E-state index in [1.165, 1.54) is 0 Å². The summed E-state index contributed by atoms with van der Waals surface area (Å²) in [5.41, 5.74) is 1.14. The van der Waals surface area contributed by atoms with Crippen molar-refractivity contribution in [3.8, 4) is 17.2 Å². The quantitative estimate of drug-likeness (QED) is 0.795. The number of carbonyl (C=O) groups is 1. The Balaban J connectivity index is 1.79. The number of amides is 1. The Morgan fingerprint density at radius 2 is 2.00 bits per heavy atom. The monoisotopic (exact) mass is 313 g/mol. The second-order valence-corrected chi connectivity index (χ2v) is 4.93. The minimum absolute atomic E-state index is 0.0195. The zero-order valence-electron chi connectivity index (χ0n) is 12.9. The van der Waals surface area contributed by atoms with Crippen LogP contribution in [0, 0.1) is 13.8 Å². The lowest BCUT2D eigenvalue weighted by atomic mass is 10.2. The minimum atomic E-state index is -0.361. The molecule has 3 rings (SSSR count). The van der Waals surface area contributed by atoms with E-state index in [2.05, 4.69) is 15.5 Å². The fourth-order valence-electron chi connectivity index (χ4n) is 2.17. The number of ether oxygens (including phenoxy) is 1. The first-order valence-electron chi connectivity index (χ1n) is 6.93. The summed E-state index contributed by atoms with van der Waals surface area (Å²) in [7, 11) is 1.58. The van der Waals surface area contributed by atoms with E-state index in [1.807, 2.05) is 18.2 Å². The van der Waals surface area contributed by atoms with Crippen molar-refractivity contribution in [1.82, 2.24) is 10.2 Å². The van der Waals surface area contributed by atoms with Gasteiger partial charge in [-0.25, -0.2) is 0 Å². The van der Waals surface area contributed by atoms with Gasteiger partial charge >= 0.3 is 6.01 Å². The van der Waals surface area contributed by atoms with Gasteiger partial charge in [0.2, 0.25) is 5.89 Å². The molecule has 23 heavy (non-hydrogen) atoms. The van der Waals surface area contributed by atoms with Crippen LogP contribution in [0.25, 0.3) is 11.5 Å². The van der Waals surface area contributed by atoms with Crippen molar-refractivity contribution < 1.29 is 18.4 Å². The molecular formula is C16H15N3O4. The summed E-state index contributed by atoms with van der Waals surface area (Å²) >= 11 is 0. The maximum Gasteiger partial charge on any atom is 0.322 e. The summed E-state index contributed by atoms with van der Waals surface area (Å²) in [6.45, 7) is 3.49. The average Bonchev–Trinajstić information content (AvgIpc) is 3.13. The van der Waals surface area contributed by atoms with Crippen LogP contribution in [0.3, 0.4) is 0 Å². The Kier molecular flexibility index (Phi) is 3.84. The number of aryl methyl sites for hydroxylation is 2. The second-order valence-electron chi connectivity index (χ2n) is 4.93. The van der Waals surface area contributed by atoms with Crippen LogP contribution in [0.4, 0.5) is 6.01 Å². The van der Waals surface area contributed by atoms with Crippen LogP contribution in [-0.2, 0) is 0 Å². The highest BCUT2D eigenvalue weighted by Crippen LogP contribution is 2.24. The number of benzene rings is 1. The number of aromatic nitrogens is 2. The van der Waals surface area contributed by atoms with Crippen LogP contribution >= 0.6 is 0 Å². The summed E-state index contributed by atoms with van der Waals surface area (Å²) in [4.78, 5) is 12.2. The molecule has 7 nitrogen and oxygen atoms in total. The lowest BCUT2D eigenvalue weighted by Gasteiger charge is -2.00. The first-order valence-corrected chi connectivity index (χ1v) is 6.93. The molecule has 0 aliphatic rings.